The molecule has 0 aliphatic rings. The molecule has 1 nitrogen and oxygen atoms in total. The Balaban J connectivity index is 2.76. The molecule has 9 heavy (non-hydrogen) atoms. The van der Waals surface area contributed by atoms with E-state index in [1.54, 1.807) is 17.4 Å². The van der Waals surface area contributed by atoms with Crippen molar-refractivity contribution in [2.75, 3.05) is 0 Å². The van der Waals surface area contributed by atoms with E-state index in [0.29, 0.717) is 0 Å². The Morgan fingerprint density at radius 2 is 2.56 bits per heavy atom. The second-order valence-electron chi connectivity index (χ2n) is 1.78. The van der Waals surface area contributed by atoms with E-state index in [1.807, 2.05) is 17.5 Å². The van der Waals surface area contributed by atoms with Crippen LogP contribution in [0, 0.1) is 0 Å². The van der Waals surface area contributed by atoms with Crippen LogP contribution in [0.3, 0.4) is 0 Å². The highest BCUT2D eigenvalue weighted by atomic mass is 32.1. The number of hydrogen-bond acceptors (Lipinski definition) is 2. The van der Waals surface area contributed by atoms with E-state index in [2.05, 4.69) is 6.58 Å². The first-order valence-corrected chi connectivity index (χ1v) is 3.64. The monoisotopic (exact) mass is 139 g/mol. The molecule has 48 valence electrons. The predicted molar refractivity (Wildman–Crippen MR) is 41.4 cm³/mol. The van der Waals surface area contributed by atoms with Gasteiger partial charge in [-0.05, 0) is 11.4 Å². The zero-order valence-corrected chi connectivity index (χ0v) is 5.90. The Labute approximate surface area is 58.8 Å². The maximum Gasteiger partial charge on any atom is 0.0573 e. The van der Waals surface area contributed by atoms with Crippen molar-refractivity contribution in [3.8, 4) is 0 Å². The third-order valence-corrected chi connectivity index (χ3v) is 2.10. The van der Waals surface area contributed by atoms with E-state index in [-0.39, 0.29) is 6.04 Å². The highest BCUT2D eigenvalue weighted by Crippen LogP contribution is 2.16. The van der Waals surface area contributed by atoms with Crippen molar-refractivity contribution in [1.82, 2.24) is 0 Å². The summed E-state index contributed by atoms with van der Waals surface area (Å²) in [4.78, 5) is 1.17. The van der Waals surface area contributed by atoms with Gasteiger partial charge in [-0.15, -0.1) is 17.9 Å². The van der Waals surface area contributed by atoms with Gasteiger partial charge in [-0.2, -0.15) is 0 Å². The zero-order valence-electron chi connectivity index (χ0n) is 5.08. The molecule has 1 aromatic rings. The fourth-order valence-corrected chi connectivity index (χ4v) is 1.32. The molecule has 1 aromatic heterocycles. The Morgan fingerprint density at radius 3 is 3.00 bits per heavy atom. The number of thiophene rings is 1. The SMILES string of the molecule is C=C[C@@H](N)c1cccs1. The number of hydrogen-bond donors (Lipinski definition) is 1. The topological polar surface area (TPSA) is 26.0 Å². The first kappa shape index (κ1) is 6.52. The summed E-state index contributed by atoms with van der Waals surface area (Å²) >= 11 is 1.66. The van der Waals surface area contributed by atoms with E-state index in [0.717, 1.165) is 0 Å². The van der Waals surface area contributed by atoms with E-state index >= 15 is 0 Å². The number of nitrogens with two attached hydrogens (primary N) is 1. The predicted octanol–water partition coefficient (Wildman–Crippen LogP) is 1.93. The molecule has 0 aliphatic heterocycles. The molecule has 0 saturated carbocycles. The third-order valence-electron chi connectivity index (χ3n) is 1.13. The summed E-state index contributed by atoms with van der Waals surface area (Å²) in [5.41, 5.74) is 5.63. The normalized spacial score (nSPS) is 13.0. The van der Waals surface area contributed by atoms with E-state index < -0.39 is 0 Å². The van der Waals surface area contributed by atoms with E-state index in [9.17, 15) is 0 Å². The smallest absolute Gasteiger partial charge is 0.0573 e. The van der Waals surface area contributed by atoms with Gasteiger partial charge in [0.25, 0.3) is 0 Å². The van der Waals surface area contributed by atoms with Gasteiger partial charge in [-0.25, -0.2) is 0 Å². The van der Waals surface area contributed by atoms with Crippen LogP contribution in [-0.2, 0) is 0 Å². The van der Waals surface area contributed by atoms with Gasteiger partial charge in [0.1, 0.15) is 0 Å². The van der Waals surface area contributed by atoms with Gasteiger partial charge in [-0.3, -0.25) is 0 Å². The van der Waals surface area contributed by atoms with E-state index in [4.69, 9.17) is 5.73 Å². The first-order valence-electron chi connectivity index (χ1n) is 2.76. The molecule has 0 fully saturated rings. The van der Waals surface area contributed by atoms with Gasteiger partial charge in [0.2, 0.25) is 0 Å². The van der Waals surface area contributed by atoms with Gasteiger partial charge in [0.15, 0.2) is 0 Å². The third kappa shape index (κ3) is 1.40. The molecule has 0 radical (unpaired) electrons. The molecular weight excluding hydrogens is 130 g/mol. The molecular formula is C7H9NS. The van der Waals surface area contributed by atoms with Crippen LogP contribution in [0.1, 0.15) is 10.9 Å². The fourth-order valence-electron chi connectivity index (χ4n) is 0.597. The van der Waals surface area contributed by atoms with Gasteiger partial charge in [0, 0.05) is 4.88 Å². The molecule has 1 rings (SSSR count). The fraction of sp³-hybridized carbons (Fsp3) is 0.143. The molecule has 0 bridgehead atoms. The summed E-state index contributed by atoms with van der Waals surface area (Å²) < 4.78 is 0. The summed E-state index contributed by atoms with van der Waals surface area (Å²) in [6, 6.07) is 4.02. The highest BCUT2D eigenvalue weighted by Gasteiger charge is 1.98. The quantitative estimate of drug-likeness (QED) is 0.622. The molecule has 0 amide bonds. The summed E-state index contributed by atoms with van der Waals surface area (Å²) in [6.45, 7) is 3.60. The van der Waals surface area contributed by atoms with Crippen LogP contribution in [-0.4, -0.2) is 0 Å². The summed E-state index contributed by atoms with van der Waals surface area (Å²) in [6.07, 6.45) is 1.74. The largest absolute Gasteiger partial charge is 0.320 e. The maximum atomic E-state index is 5.63. The standard InChI is InChI=1S/C7H9NS/c1-2-6(8)7-4-3-5-9-7/h2-6H,1,8H2/t6-/m1/s1. The summed E-state index contributed by atoms with van der Waals surface area (Å²) in [7, 11) is 0. The zero-order chi connectivity index (χ0) is 6.69. The van der Waals surface area contributed by atoms with Crippen molar-refractivity contribution in [3.63, 3.8) is 0 Å². The minimum absolute atomic E-state index is 0.0185. The Kier molecular flexibility index (Phi) is 2.03. The second-order valence-corrected chi connectivity index (χ2v) is 2.76. The summed E-state index contributed by atoms with van der Waals surface area (Å²) in [5, 5.41) is 2.01. The van der Waals surface area contributed by atoms with Crippen molar-refractivity contribution in [2.45, 2.75) is 6.04 Å². The van der Waals surface area contributed by atoms with Crippen molar-refractivity contribution in [1.29, 1.82) is 0 Å². The minimum atomic E-state index is 0.0185. The van der Waals surface area contributed by atoms with Crippen molar-refractivity contribution >= 4 is 11.3 Å². The van der Waals surface area contributed by atoms with Gasteiger partial charge in [0.05, 0.1) is 6.04 Å². The average molecular weight is 139 g/mol. The molecule has 0 unspecified atom stereocenters. The highest BCUT2D eigenvalue weighted by molar-refractivity contribution is 7.10. The molecule has 0 saturated heterocycles. The van der Waals surface area contributed by atoms with Gasteiger partial charge in [-0.1, -0.05) is 12.1 Å². The molecule has 0 aliphatic carbocycles. The van der Waals surface area contributed by atoms with Crippen LogP contribution in [0.15, 0.2) is 30.2 Å². The van der Waals surface area contributed by atoms with Crippen LogP contribution in [0.2, 0.25) is 0 Å². The Bertz CT molecular complexity index is 179. The van der Waals surface area contributed by atoms with Crippen LogP contribution < -0.4 is 5.73 Å². The average Bonchev–Trinajstić information content (AvgIpc) is 2.37. The van der Waals surface area contributed by atoms with Crippen LogP contribution in [0.25, 0.3) is 0 Å². The lowest BCUT2D eigenvalue weighted by Crippen LogP contribution is -2.03. The summed E-state index contributed by atoms with van der Waals surface area (Å²) in [5.74, 6) is 0. The van der Waals surface area contributed by atoms with E-state index in [1.165, 1.54) is 4.88 Å². The molecule has 1 heterocycles. The second kappa shape index (κ2) is 2.80. The Morgan fingerprint density at radius 1 is 1.78 bits per heavy atom. The van der Waals surface area contributed by atoms with Crippen molar-refractivity contribution in [3.05, 3.63) is 35.0 Å². The lowest BCUT2D eigenvalue weighted by atomic mass is 10.2. The Hall–Kier alpha value is -0.600. The minimum Gasteiger partial charge on any atom is -0.320 e. The maximum absolute atomic E-state index is 5.63. The van der Waals surface area contributed by atoms with Crippen molar-refractivity contribution < 1.29 is 0 Å². The molecule has 0 aromatic carbocycles. The van der Waals surface area contributed by atoms with Gasteiger partial charge < -0.3 is 5.73 Å². The number of rotatable bonds is 2. The van der Waals surface area contributed by atoms with Crippen LogP contribution >= 0.6 is 11.3 Å². The molecule has 2 heteroatoms. The lowest BCUT2D eigenvalue weighted by Gasteiger charge is -1.98. The van der Waals surface area contributed by atoms with Crippen LogP contribution in [0.5, 0.6) is 0 Å². The molecule has 2 N–H and O–H groups in total. The lowest BCUT2D eigenvalue weighted by molar-refractivity contribution is 0.940. The molecule has 0 spiro atoms. The van der Waals surface area contributed by atoms with Gasteiger partial charge >= 0.3 is 0 Å². The first-order chi connectivity index (χ1) is 4.34. The van der Waals surface area contributed by atoms with Crippen molar-refractivity contribution in [2.24, 2.45) is 5.73 Å². The molecule has 1 atom stereocenters. The van der Waals surface area contributed by atoms with Crippen LogP contribution in [0.4, 0.5) is 0 Å².